The largest absolute Gasteiger partial charge is 0.379 e. The number of ether oxygens (including phenoxy) is 1. The maximum absolute atomic E-state index is 5.91. The molecule has 1 aliphatic carbocycles. The Kier molecular flexibility index (Phi) is 6.35. The molecule has 1 aliphatic rings. The van der Waals surface area contributed by atoms with E-state index in [0.29, 0.717) is 18.1 Å². The molecule has 2 nitrogen and oxygen atoms in total. The first-order valence-corrected chi connectivity index (χ1v) is 8.59. The van der Waals surface area contributed by atoms with Crippen LogP contribution in [0.25, 0.3) is 0 Å². The highest BCUT2D eigenvalue weighted by Crippen LogP contribution is 2.34. The fraction of sp³-hybridized carbons (Fsp3) is 0.750. The molecule has 0 spiro atoms. The van der Waals surface area contributed by atoms with Crippen LogP contribution in [-0.2, 0) is 4.74 Å². The Balaban J connectivity index is 2.09. The summed E-state index contributed by atoms with van der Waals surface area (Å²) in [5.41, 5.74) is 1.40. The van der Waals surface area contributed by atoms with Crippen LogP contribution in [0.15, 0.2) is 16.8 Å². The normalized spacial score (nSPS) is 20.3. The number of hydrogen-bond donors (Lipinski definition) is 1. The van der Waals surface area contributed by atoms with E-state index in [1.165, 1.54) is 44.1 Å². The Bertz CT molecular complexity index is 333. The van der Waals surface area contributed by atoms with Gasteiger partial charge < -0.3 is 10.1 Å². The van der Waals surface area contributed by atoms with Gasteiger partial charge in [-0.05, 0) is 54.1 Å². The average molecular weight is 281 g/mol. The fourth-order valence-corrected chi connectivity index (χ4v) is 3.94. The molecule has 1 heterocycles. The smallest absolute Gasteiger partial charge is 0.0794 e. The molecule has 0 aliphatic heterocycles. The van der Waals surface area contributed by atoms with Crippen molar-refractivity contribution in [2.45, 2.75) is 57.6 Å². The van der Waals surface area contributed by atoms with Crippen LogP contribution in [0, 0.1) is 5.92 Å². The molecule has 2 unspecified atom stereocenters. The maximum atomic E-state index is 5.91. The van der Waals surface area contributed by atoms with Gasteiger partial charge in [0.15, 0.2) is 0 Å². The molecule has 2 rings (SSSR count). The molecular weight excluding hydrogens is 254 g/mol. The molecular formula is C16H27NOS. The lowest BCUT2D eigenvalue weighted by Crippen LogP contribution is -2.39. The first-order chi connectivity index (χ1) is 9.36. The van der Waals surface area contributed by atoms with E-state index in [2.05, 4.69) is 29.1 Å². The molecule has 1 saturated carbocycles. The first-order valence-electron chi connectivity index (χ1n) is 7.65. The molecule has 0 saturated heterocycles. The van der Waals surface area contributed by atoms with Crippen molar-refractivity contribution in [3.05, 3.63) is 22.4 Å². The molecule has 19 heavy (non-hydrogen) atoms. The molecule has 0 aromatic carbocycles. The van der Waals surface area contributed by atoms with E-state index in [1.807, 2.05) is 7.11 Å². The molecule has 0 radical (unpaired) electrons. The molecule has 3 heteroatoms. The van der Waals surface area contributed by atoms with Crippen molar-refractivity contribution in [2.75, 3.05) is 13.7 Å². The third-order valence-corrected chi connectivity index (χ3v) is 4.93. The van der Waals surface area contributed by atoms with Crippen molar-refractivity contribution >= 4 is 11.3 Å². The van der Waals surface area contributed by atoms with Crippen molar-refractivity contribution in [2.24, 2.45) is 5.92 Å². The Morgan fingerprint density at radius 3 is 2.74 bits per heavy atom. The summed E-state index contributed by atoms with van der Waals surface area (Å²) in [5.74, 6) is 0.716. The lowest BCUT2D eigenvalue weighted by Gasteiger charge is -2.35. The standard InChI is InChI=1S/C16H27NOS/c1-3-10-17-15(14-9-11-19-12-14)16(18-2)13-7-5-4-6-8-13/h9,11-13,15-17H,3-8,10H2,1-2H3. The van der Waals surface area contributed by atoms with Gasteiger partial charge in [0, 0.05) is 7.11 Å². The van der Waals surface area contributed by atoms with Gasteiger partial charge in [0.1, 0.15) is 0 Å². The lowest BCUT2D eigenvalue weighted by atomic mass is 9.81. The summed E-state index contributed by atoms with van der Waals surface area (Å²) in [7, 11) is 1.88. The average Bonchev–Trinajstić information content (AvgIpc) is 2.98. The summed E-state index contributed by atoms with van der Waals surface area (Å²) in [5, 5.41) is 8.14. The van der Waals surface area contributed by atoms with Gasteiger partial charge in [-0.1, -0.05) is 26.2 Å². The van der Waals surface area contributed by atoms with Gasteiger partial charge >= 0.3 is 0 Å². The Morgan fingerprint density at radius 1 is 1.37 bits per heavy atom. The van der Waals surface area contributed by atoms with Crippen molar-refractivity contribution in [3.8, 4) is 0 Å². The second-order valence-corrected chi connectivity index (χ2v) is 6.37. The van der Waals surface area contributed by atoms with E-state index >= 15 is 0 Å². The van der Waals surface area contributed by atoms with Crippen LogP contribution >= 0.6 is 11.3 Å². The van der Waals surface area contributed by atoms with Crippen molar-refractivity contribution in [1.29, 1.82) is 0 Å². The number of methoxy groups -OCH3 is 1. The first kappa shape index (κ1) is 15.0. The highest BCUT2D eigenvalue weighted by molar-refractivity contribution is 7.07. The SMILES string of the molecule is CCCNC(c1ccsc1)C(OC)C1CCCCC1. The maximum Gasteiger partial charge on any atom is 0.0794 e. The minimum atomic E-state index is 0.321. The Labute approximate surface area is 121 Å². The molecule has 1 aromatic rings. The predicted molar refractivity (Wildman–Crippen MR) is 82.7 cm³/mol. The van der Waals surface area contributed by atoms with E-state index in [0.717, 1.165) is 6.54 Å². The Morgan fingerprint density at radius 2 is 2.16 bits per heavy atom. The molecule has 0 amide bonds. The summed E-state index contributed by atoms with van der Waals surface area (Å²) in [6.45, 7) is 3.28. The van der Waals surface area contributed by atoms with Crippen molar-refractivity contribution < 1.29 is 4.74 Å². The third kappa shape index (κ3) is 4.04. The van der Waals surface area contributed by atoms with Crippen LogP contribution in [-0.4, -0.2) is 19.8 Å². The molecule has 2 atom stereocenters. The number of nitrogens with one attached hydrogen (secondary N) is 1. The molecule has 1 aromatic heterocycles. The zero-order chi connectivity index (χ0) is 13.5. The third-order valence-electron chi connectivity index (χ3n) is 4.23. The van der Waals surface area contributed by atoms with Crippen molar-refractivity contribution in [3.63, 3.8) is 0 Å². The van der Waals surface area contributed by atoms with E-state index in [4.69, 9.17) is 4.74 Å². The minimum Gasteiger partial charge on any atom is -0.379 e. The zero-order valence-electron chi connectivity index (χ0n) is 12.2. The molecule has 108 valence electrons. The van der Waals surface area contributed by atoms with Gasteiger partial charge in [0.05, 0.1) is 12.1 Å². The summed E-state index contributed by atoms with van der Waals surface area (Å²) in [6, 6.07) is 2.60. The van der Waals surface area contributed by atoms with Gasteiger partial charge in [-0.15, -0.1) is 0 Å². The molecule has 0 bridgehead atoms. The number of rotatable bonds is 7. The summed E-state index contributed by atoms with van der Waals surface area (Å²) in [6.07, 6.45) is 8.28. The molecule has 1 fully saturated rings. The zero-order valence-corrected chi connectivity index (χ0v) is 13.0. The van der Waals surface area contributed by atoms with Gasteiger partial charge in [0.25, 0.3) is 0 Å². The van der Waals surface area contributed by atoms with E-state index in [9.17, 15) is 0 Å². The van der Waals surface area contributed by atoms with E-state index in [-0.39, 0.29) is 0 Å². The van der Waals surface area contributed by atoms with Crippen LogP contribution in [0.2, 0.25) is 0 Å². The quantitative estimate of drug-likeness (QED) is 0.800. The summed E-state index contributed by atoms with van der Waals surface area (Å²) in [4.78, 5) is 0. The second-order valence-electron chi connectivity index (χ2n) is 5.59. The van der Waals surface area contributed by atoms with Gasteiger partial charge in [-0.2, -0.15) is 11.3 Å². The van der Waals surface area contributed by atoms with Crippen molar-refractivity contribution in [1.82, 2.24) is 5.32 Å². The lowest BCUT2D eigenvalue weighted by molar-refractivity contribution is 0.00767. The van der Waals surface area contributed by atoms with E-state index in [1.54, 1.807) is 11.3 Å². The summed E-state index contributed by atoms with van der Waals surface area (Å²) >= 11 is 1.78. The van der Waals surface area contributed by atoms with Gasteiger partial charge in [-0.25, -0.2) is 0 Å². The van der Waals surface area contributed by atoms with Crippen LogP contribution < -0.4 is 5.32 Å². The van der Waals surface area contributed by atoms with E-state index < -0.39 is 0 Å². The number of hydrogen-bond acceptors (Lipinski definition) is 3. The topological polar surface area (TPSA) is 21.3 Å². The highest BCUT2D eigenvalue weighted by atomic mass is 32.1. The summed E-state index contributed by atoms with van der Waals surface area (Å²) < 4.78 is 5.91. The van der Waals surface area contributed by atoms with Gasteiger partial charge in [0.2, 0.25) is 0 Å². The van der Waals surface area contributed by atoms with Crippen LogP contribution in [0.3, 0.4) is 0 Å². The fourth-order valence-electron chi connectivity index (χ4n) is 3.24. The van der Waals surface area contributed by atoms with Crippen LogP contribution in [0.1, 0.15) is 57.1 Å². The van der Waals surface area contributed by atoms with Gasteiger partial charge in [-0.3, -0.25) is 0 Å². The second kappa shape index (κ2) is 8.03. The van der Waals surface area contributed by atoms with Crippen LogP contribution in [0.4, 0.5) is 0 Å². The monoisotopic (exact) mass is 281 g/mol. The molecule has 1 N–H and O–H groups in total. The Hall–Kier alpha value is -0.380. The van der Waals surface area contributed by atoms with Crippen LogP contribution in [0.5, 0.6) is 0 Å². The minimum absolute atomic E-state index is 0.321. The number of thiophene rings is 1. The highest BCUT2D eigenvalue weighted by Gasteiger charge is 2.31. The predicted octanol–water partition coefficient (Wildman–Crippen LogP) is 4.38.